The number of carboxylic acid groups (broad SMARTS) is 1. The smallest absolute Gasteiger partial charge is 0.332 e. The Labute approximate surface area is 96.2 Å². The highest BCUT2D eigenvalue weighted by molar-refractivity contribution is 14.1. The van der Waals surface area contributed by atoms with Crippen molar-refractivity contribution in [3.05, 3.63) is 33.4 Å². The second-order valence-electron chi connectivity index (χ2n) is 2.92. The molecule has 76 valence electrons. The number of hydrogen-bond donors (Lipinski definition) is 1. The third kappa shape index (κ3) is 3.63. The maximum Gasteiger partial charge on any atom is 0.332 e. The van der Waals surface area contributed by atoms with E-state index in [1.54, 1.807) is 0 Å². The van der Waals surface area contributed by atoms with Crippen LogP contribution in [0.5, 0.6) is 0 Å². The van der Waals surface area contributed by atoms with Crippen LogP contribution in [0.25, 0.3) is 0 Å². The number of ether oxygens (including phenoxy) is 1. The van der Waals surface area contributed by atoms with Gasteiger partial charge in [0.1, 0.15) is 0 Å². The summed E-state index contributed by atoms with van der Waals surface area (Å²) < 4.78 is 6.28. The van der Waals surface area contributed by atoms with Gasteiger partial charge in [-0.2, -0.15) is 0 Å². The molecule has 0 aliphatic carbocycles. The Morgan fingerprint density at radius 1 is 1.50 bits per heavy atom. The Morgan fingerprint density at radius 3 is 2.57 bits per heavy atom. The first-order valence-electron chi connectivity index (χ1n) is 4.18. The predicted octanol–water partition coefficient (Wildman–Crippen LogP) is 2.28. The van der Waals surface area contributed by atoms with Gasteiger partial charge in [0, 0.05) is 3.57 Å². The van der Waals surface area contributed by atoms with Gasteiger partial charge in [-0.1, -0.05) is 12.1 Å². The quantitative estimate of drug-likeness (QED) is 0.868. The fourth-order valence-corrected chi connectivity index (χ4v) is 1.23. The van der Waals surface area contributed by atoms with Gasteiger partial charge in [-0.15, -0.1) is 0 Å². The standard InChI is InChI=1S/C10H11IO3/c1-7(10(12)13)14-6-8-2-4-9(11)5-3-8/h2-5,7H,6H2,1H3,(H,12,13)/t7-/m0/s1. The molecule has 0 saturated carbocycles. The normalized spacial score (nSPS) is 12.4. The van der Waals surface area contributed by atoms with E-state index in [9.17, 15) is 4.79 Å². The molecule has 0 amide bonds. The highest BCUT2D eigenvalue weighted by atomic mass is 127. The van der Waals surface area contributed by atoms with E-state index in [2.05, 4.69) is 22.6 Å². The van der Waals surface area contributed by atoms with Crippen LogP contribution in [0.2, 0.25) is 0 Å². The van der Waals surface area contributed by atoms with Crippen molar-refractivity contribution in [3.8, 4) is 0 Å². The van der Waals surface area contributed by atoms with Crippen molar-refractivity contribution in [2.45, 2.75) is 19.6 Å². The van der Waals surface area contributed by atoms with Crippen molar-refractivity contribution in [3.63, 3.8) is 0 Å². The van der Waals surface area contributed by atoms with Crippen molar-refractivity contribution >= 4 is 28.6 Å². The van der Waals surface area contributed by atoms with Gasteiger partial charge in [0.2, 0.25) is 0 Å². The Bertz CT molecular complexity index is 308. The minimum Gasteiger partial charge on any atom is -0.479 e. The number of carbonyl (C=O) groups is 1. The molecule has 1 atom stereocenters. The molecule has 1 rings (SSSR count). The monoisotopic (exact) mass is 306 g/mol. The molecular formula is C10H11IO3. The highest BCUT2D eigenvalue weighted by Gasteiger charge is 2.10. The molecule has 0 saturated heterocycles. The largest absolute Gasteiger partial charge is 0.479 e. The van der Waals surface area contributed by atoms with Crippen LogP contribution in [-0.4, -0.2) is 17.2 Å². The summed E-state index contributed by atoms with van der Waals surface area (Å²) in [4.78, 5) is 10.4. The summed E-state index contributed by atoms with van der Waals surface area (Å²) in [7, 11) is 0. The number of carboxylic acids is 1. The second kappa shape index (κ2) is 5.31. The first-order chi connectivity index (χ1) is 6.59. The maximum absolute atomic E-state index is 10.4. The van der Waals surface area contributed by atoms with Crippen LogP contribution in [0.3, 0.4) is 0 Å². The summed E-state index contributed by atoms with van der Waals surface area (Å²) in [5, 5.41) is 8.58. The molecule has 1 aromatic carbocycles. The molecule has 0 bridgehead atoms. The summed E-state index contributed by atoms with van der Waals surface area (Å²) in [5.41, 5.74) is 0.985. The summed E-state index contributed by atoms with van der Waals surface area (Å²) >= 11 is 2.21. The minimum absolute atomic E-state index is 0.338. The van der Waals surface area contributed by atoms with Gasteiger partial charge in [-0.3, -0.25) is 0 Å². The van der Waals surface area contributed by atoms with Crippen molar-refractivity contribution in [1.29, 1.82) is 0 Å². The molecule has 4 heteroatoms. The zero-order chi connectivity index (χ0) is 10.6. The van der Waals surface area contributed by atoms with E-state index in [0.29, 0.717) is 6.61 Å². The average Bonchev–Trinajstić information content (AvgIpc) is 2.16. The van der Waals surface area contributed by atoms with Crippen molar-refractivity contribution in [2.24, 2.45) is 0 Å². The predicted molar refractivity (Wildman–Crippen MR) is 61.0 cm³/mol. The van der Waals surface area contributed by atoms with Crippen LogP contribution in [0, 0.1) is 3.57 Å². The molecule has 0 aliphatic rings. The number of aliphatic carboxylic acids is 1. The number of benzene rings is 1. The molecule has 0 spiro atoms. The molecule has 0 heterocycles. The van der Waals surface area contributed by atoms with Gasteiger partial charge >= 0.3 is 5.97 Å². The molecule has 0 aliphatic heterocycles. The van der Waals surface area contributed by atoms with E-state index in [1.165, 1.54) is 6.92 Å². The number of halogens is 1. The molecule has 14 heavy (non-hydrogen) atoms. The average molecular weight is 306 g/mol. The van der Waals surface area contributed by atoms with Gasteiger partial charge < -0.3 is 9.84 Å². The summed E-state index contributed by atoms with van der Waals surface area (Å²) in [5.74, 6) is -0.935. The van der Waals surface area contributed by atoms with Crippen LogP contribution in [0.4, 0.5) is 0 Å². The summed E-state index contributed by atoms with van der Waals surface area (Å²) in [6.45, 7) is 1.86. The molecule has 1 aromatic rings. The van der Waals surface area contributed by atoms with Crippen LogP contribution < -0.4 is 0 Å². The molecule has 0 aromatic heterocycles. The molecule has 0 fully saturated rings. The molecular weight excluding hydrogens is 295 g/mol. The van der Waals surface area contributed by atoms with E-state index in [-0.39, 0.29) is 0 Å². The zero-order valence-electron chi connectivity index (χ0n) is 7.74. The Balaban J connectivity index is 2.46. The SMILES string of the molecule is C[C@H](OCc1ccc(I)cc1)C(=O)O. The fourth-order valence-electron chi connectivity index (χ4n) is 0.873. The topological polar surface area (TPSA) is 46.5 Å². The van der Waals surface area contributed by atoms with Crippen molar-refractivity contribution in [1.82, 2.24) is 0 Å². The summed E-state index contributed by atoms with van der Waals surface area (Å²) in [6.07, 6.45) is -0.755. The van der Waals surface area contributed by atoms with Crippen molar-refractivity contribution in [2.75, 3.05) is 0 Å². The third-order valence-electron chi connectivity index (χ3n) is 1.76. The highest BCUT2D eigenvalue weighted by Crippen LogP contribution is 2.08. The maximum atomic E-state index is 10.4. The van der Waals surface area contributed by atoms with E-state index in [0.717, 1.165) is 9.13 Å². The van der Waals surface area contributed by atoms with E-state index in [1.807, 2.05) is 24.3 Å². The summed E-state index contributed by atoms with van der Waals surface area (Å²) in [6, 6.07) is 7.78. The van der Waals surface area contributed by atoms with Crippen LogP contribution in [0.1, 0.15) is 12.5 Å². The lowest BCUT2D eigenvalue weighted by molar-refractivity contribution is -0.149. The number of hydrogen-bond acceptors (Lipinski definition) is 2. The van der Waals surface area contributed by atoms with Crippen LogP contribution in [0.15, 0.2) is 24.3 Å². The molecule has 1 N–H and O–H groups in total. The fraction of sp³-hybridized carbons (Fsp3) is 0.300. The minimum atomic E-state index is -0.935. The van der Waals surface area contributed by atoms with Crippen LogP contribution >= 0.6 is 22.6 Å². The van der Waals surface area contributed by atoms with E-state index < -0.39 is 12.1 Å². The van der Waals surface area contributed by atoms with Crippen molar-refractivity contribution < 1.29 is 14.6 Å². The Hall–Kier alpha value is -0.620. The van der Waals surface area contributed by atoms with Gasteiger partial charge in [-0.05, 0) is 47.2 Å². The lowest BCUT2D eigenvalue weighted by Crippen LogP contribution is -2.19. The second-order valence-corrected chi connectivity index (χ2v) is 4.16. The zero-order valence-corrected chi connectivity index (χ0v) is 9.89. The molecule has 0 radical (unpaired) electrons. The first kappa shape index (κ1) is 11.5. The lowest BCUT2D eigenvalue weighted by Gasteiger charge is -2.08. The van der Waals surface area contributed by atoms with E-state index >= 15 is 0 Å². The molecule has 0 unspecified atom stereocenters. The van der Waals surface area contributed by atoms with Crippen LogP contribution in [-0.2, 0) is 16.1 Å². The Morgan fingerprint density at radius 2 is 2.07 bits per heavy atom. The molecule has 3 nitrogen and oxygen atoms in total. The van der Waals surface area contributed by atoms with Gasteiger partial charge in [0.25, 0.3) is 0 Å². The van der Waals surface area contributed by atoms with Gasteiger partial charge in [0.05, 0.1) is 6.61 Å². The first-order valence-corrected chi connectivity index (χ1v) is 5.26. The lowest BCUT2D eigenvalue weighted by atomic mass is 10.2. The van der Waals surface area contributed by atoms with E-state index in [4.69, 9.17) is 9.84 Å². The van der Waals surface area contributed by atoms with Gasteiger partial charge in [-0.25, -0.2) is 4.79 Å². The number of rotatable bonds is 4. The third-order valence-corrected chi connectivity index (χ3v) is 2.48. The van der Waals surface area contributed by atoms with Gasteiger partial charge in [0.15, 0.2) is 6.10 Å². The Kier molecular flexibility index (Phi) is 4.34.